The van der Waals surface area contributed by atoms with Crippen molar-refractivity contribution in [3.05, 3.63) is 52.7 Å². The Balaban J connectivity index is 2.17. The Morgan fingerprint density at radius 2 is 1.82 bits per heavy atom. The van der Waals surface area contributed by atoms with E-state index >= 15 is 0 Å². The second kappa shape index (κ2) is 8.68. The van der Waals surface area contributed by atoms with Gasteiger partial charge in [0, 0.05) is 27.3 Å². The lowest BCUT2D eigenvalue weighted by Gasteiger charge is -2.18. The Labute approximate surface area is 169 Å². The normalized spacial score (nSPS) is 11.4. The van der Waals surface area contributed by atoms with E-state index in [9.17, 15) is 18.0 Å². The number of rotatable bonds is 6. The molecule has 0 bridgehead atoms. The number of likely N-dealkylation sites (N-methyl/N-ethyl adjacent to an activating group) is 1. The van der Waals surface area contributed by atoms with Gasteiger partial charge in [-0.3, -0.25) is 9.59 Å². The molecule has 28 heavy (non-hydrogen) atoms. The molecule has 0 unspecified atom stereocenters. The van der Waals surface area contributed by atoms with Gasteiger partial charge in [0.25, 0.3) is 5.91 Å². The molecule has 0 spiro atoms. The first-order valence-electron chi connectivity index (χ1n) is 8.22. The standard InChI is InChI=1S/C18H21ClN4O4S/c1-12-7-8-20-16(9-12)21-17(24)11-23(4)18(25)14-10-13(5-6-15(14)19)28(26,27)22(2)3/h5-10H,11H2,1-4H3,(H,20,21,24). The summed E-state index contributed by atoms with van der Waals surface area (Å²) in [4.78, 5) is 30.0. The third-order valence-electron chi connectivity index (χ3n) is 3.86. The smallest absolute Gasteiger partial charge is 0.255 e. The maximum atomic E-state index is 12.7. The molecule has 150 valence electrons. The Morgan fingerprint density at radius 3 is 2.43 bits per heavy atom. The Morgan fingerprint density at radius 1 is 1.14 bits per heavy atom. The van der Waals surface area contributed by atoms with Crippen LogP contribution >= 0.6 is 11.6 Å². The number of nitrogens with one attached hydrogen (secondary N) is 1. The topological polar surface area (TPSA) is 99.7 Å². The summed E-state index contributed by atoms with van der Waals surface area (Å²) in [7, 11) is 0.479. The molecule has 0 radical (unpaired) electrons. The SMILES string of the molecule is Cc1ccnc(NC(=O)CN(C)C(=O)c2cc(S(=O)(=O)N(C)C)ccc2Cl)c1. The molecule has 1 N–H and O–H groups in total. The number of aryl methyl sites for hydroxylation is 1. The maximum absolute atomic E-state index is 12.7. The third-order valence-corrected chi connectivity index (χ3v) is 6.00. The molecule has 0 fully saturated rings. The monoisotopic (exact) mass is 424 g/mol. The van der Waals surface area contributed by atoms with E-state index in [2.05, 4.69) is 10.3 Å². The number of hydrogen-bond donors (Lipinski definition) is 1. The highest BCUT2D eigenvalue weighted by atomic mass is 35.5. The molecule has 0 saturated heterocycles. The van der Waals surface area contributed by atoms with E-state index in [1.165, 1.54) is 39.3 Å². The van der Waals surface area contributed by atoms with Gasteiger partial charge in [-0.2, -0.15) is 0 Å². The highest BCUT2D eigenvalue weighted by molar-refractivity contribution is 7.89. The number of benzene rings is 1. The maximum Gasteiger partial charge on any atom is 0.255 e. The van der Waals surface area contributed by atoms with Gasteiger partial charge in [0.2, 0.25) is 15.9 Å². The summed E-state index contributed by atoms with van der Waals surface area (Å²) in [6, 6.07) is 7.37. The summed E-state index contributed by atoms with van der Waals surface area (Å²) in [6.45, 7) is 1.61. The average molecular weight is 425 g/mol. The molecule has 0 saturated carbocycles. The number of pyridine rings is 1. The summed E-state index contributed by atoms with van der Waals surface area (Å²) in [5.74, 6) is -0.641. The molecular formula is C18H21ClN4O4S. The van der Waals surface area contributed by atoms with Crippen molar-refractivity contribution in [3.63, 3.8) is 0 Å². The summed E-state index contributed by atoms with van der Waals surface area (Å²) >= 11 is 6.08. The van der Waals surface area contributed by atoms with Crippen LogP contribution in [0.1, 0.15) is 15.9 Å². The fourth-order valence-corrected chi connectivity index (χ4v) is 3.45. The van der Waals surface area contributed by atoms with Gasteiger partial charge in [0.05, 0.1) is 22.0 Å². The quantitative estimate of drug-likeness (QED) is 0.764. The van der Waals surface area contributed by atoms with Gasteiger partial charge < -0.3 is 10.2 Å². The van der Waals surface area contributed by atoms with Gasteiger partial charge in [-0.1, -0.05) is 11.6 Å². The minimum Gasteiger partial charge on any atom is -0.332 e. The number of hydrogen-bond acceptors (Lipinski definition) is 5. The first kappa shape index (κ1) is 21.8. The van der Waals surface area contributed by atoms with Crippen molar-refractivity contribution >= 4 is 39.3 Å². The molecule has 1 heterocycles. The lowest BCUT2D eigenvalue weighted by Crippen LogP contribution is -2.35. The van der Waals surface area contributed by atoms with Crippen molar-refractivity contribution in [3.8, 4) is 0 Å². The van der Waals surface area contributed by atoms with Gasteiger partial charge in [-0.15, -0.1) is 0 Å². The number of halogens is 1. The van der Waals surface area contributed by atoms with Crippen LogP contribution in [0.4, 0.5) is 5.82 Å². The number of nitrogens with zero attached hydrogens (tertiary/aromatic N) is 3. The van der Waals surface area contributed by atoms with Crippen LogP contribution in [0.3, 0.4) is 0 Å². The van der Waals surface area contributed by atoms with Crippen molar-refractivity contribution in [1.29, 1.82) is 0 Å². The Bertz CT molecular complexity index is 1010. The van der Waals surface area contributed by atoms with Crippen molar-refractivity contribution in [2.75, 3.05) is 33.0 Å². The van der Waals surface area contributed by atoms with Crippen LogP contribution in [0, 0.1) is 6.92 Å². The van der Waals surface area contributed by atoms with Gasteiger partial charge in [-0.25, -0.2) is 17.7 Å². The van der Waals surface area contributed by atoms with E-state index in [-0.39, 0.29) is 22.0 Å². The number of amides is 2. The molecule has 2 rings (SSSR count). The zero-order valence-electron chi connectivity index (χ0n) is 15.9. The van der Waals surface area contributed by atoms with Crippen LogP contribution in [-0.2, 0) is 14.8 Å². The zero-order valence-corrected chi connectivity index (χ0v) is 17.5. The van der Waals surface area contributed by atoms with Crippen LogP contribution in [0.15, 0.2) is 41.4 Å². The second-order valence-electron chi connectivity index (χ2n) is 6.36. The van der Waals surface area contributed by atoms with Gasteiger partial charge in [0.1, 0.15) is 5.82 Å². The molecule has 0 atom stereocenters. The van der Waals surface area contributed by atoms with E-state index < -0.39 is 21.8 Å². The average Bonchev–Trinajstić information content (AvgIpc) is 2.61. The largest absolute Gasteiger partial charge is 0.332 e. The van der Waals surface area contributed by atoms with Crippen molar-refractivity contribution in [2.24, 2.45) is 0 Å². The minimum atomic E-state index is -3.73. The number of anilines is 1. The highest BCUT2D eigenvalue weighted by Gasteiger charge is 2.23. The Kier molecular flexibility index (Phi) is 6.76. The first-order valence-corrected chi connectivity index (χ1v) is 10.0. The molecule has 0 aliphatic rings. The number of aromatic nitrogens is 1. The van der Waals surface area contributed by atoms with Crippen molar-refractivity contribution in [2.45, 2.75) is 11.8 Å². The van der Waals surface area contributed by atoms with Crippen LogP contribution in [0.2, 0.25) is 5.02 Å². The molecule has 0 aliphatic heterocycles. The van der Waals surface area contributed by atoms with Crippen LogP contribution in [0.5, 0.6) is 0 Å². The van der Waals surface area contributed by atoms with Gasteiger partial charge >= 0.3 is 0 Å². The number of carbonyl (C=O) groups excluding carboxylic acids is 2. The predicted molar refractivity (Wildman–Crippen MR) is 107 cm³/mol. The summed E-state index contributed by atoms with van der Waals surface area (Å²) < 4.78 is 25.6. The molecule has 2 amide bonds. The first-order chi connectivity index (χ1) is 13.0. The fourth-order valence-electron chi connectivity index (χ4n) is 2.32. The molecule has 10 heteroatoms. The van der Waals surface area contributed by atoms with E-state index in [4.69, 9.17) is 11.6 Å². The van der Waals surface area contributed by atoms with Crippen molar-refractivity contribution in [1.82, 2.24) is 14.2 Å². The van der Waals surface area contributed by atoms with Gasteiger partial charge in [-0.05, 0) is 42.8 Å². The molecule has 8 nitrogen and oxygen atoms in total. The van der Waals surface area contributed by atoms with Crippen LogP contribution in [0.25, 0.3) is 0 Å². The predicted octanol–water partition coefficient (Wildman–Crippen LogP) is 2.00. The molecule has 1 aromatic carbocycles. The molecular weight excluding hydrogens is 404 g/mol. The summed E-state index contributed by atoms with van der Waals surface area (Å²) in [6.07, 6.45) is 1.57. The number of sulfonamides is 1. The summed E-state index contributed by atoms with van der Waals surface area (Å²) in [5.41, 5.74) is 0.925. The molecule has 0 aliphatic carbocycles. The Hall–Kier alpha value is -2.49. The van der Waals surface area contributed by atoms with Crippen LogP contribution in [-0.4, -0.2) is 62.1 Å². The van der Waals surface area contributed by atoms with E-state index in [1.54, 1.807) is 18.3 Å². The fraction of sp³-hybridized carbons (Fsp3) is 0.278. The number of carbonyl (C=O) groups is 2. The molecule has 2 aromatic rings. The van der Waals surface area contributed by atoms with Crippen molar-refractivity contribution < 1.29 is 18.0 Å². The summed E-state index contributed by atoms with van der Waals surface area (Å²) in [5, 5.41) is 2.70. The van der Waals surface area contributed by atoms with Gasteiger partial charge in [0.15, 0.2) is 0 Å². The van der Waals surface area contributed by atoms with E-state index in [0.717, 1.165) is 14.8 Å². The lowest BCUT2D eigenvalue weighted by atomic mass is 10.2. The second-order valence-corrected chi connectivity index (χ2v) is 8.92. The molecule has 1 aromatic heterocycles. The highest BCUT2D eigenvalue weighted by Crippen LogP contribution is 2.23. The van der Waals surface area contributed by atoms with Crippen LogP contribution < -0.4 is 5.32 Å². The zero-order chi connectivity index (χ0) is 21.1. The van der Waals surface area contributed by atoms with E-state index in [1.807, 2.05) is 6.92 Å². The van der Waals surface area contributed by atoms with E-state index in [0.29, 0.717) is 5.82 Å². The minimum absolute atomic E-state index is 0.00595. The lowest BCUT2D eigenvalue weighted by molar-refractivity contribution is -0.116. The third kappa shape index (κ3) is 5.06.